The van der Waals surface area contributed by atoms with Gasteiger partial charge in [0, 0.05) is 0 Å². The van der Waals surface area contributed by atoms with Crippen molar-refractivity contribution in [2.45, 2.75) is 72.6 Å². The fourth-order valence-electron chi connectivity index (χ4n) is 1.91. The maximum atomic E-state index is 2.34. The Balaban J connectivity index is -0.000000720. The van der Waals surface area contributed by atoms with Crippen LogP contribution in [0.25, 0.3) is 0 Å². The van der Waals surface area contributed by atoms with Crippen LogP contribution >= 0.6 is 0 Å². The van der Waals surface area contributed by atoms with Crippen molar-refractivity contribution >= 4 is 19.8 Å². The molecule has 0 rings (SSSR count). The van der Waals surface area contributed by atoms with Gasteiger partial charge in [-0.2, -0.15) is 0 Å². The summed E-state index contributed by atoms with van der Waals surface area (Å²) in [5.41, 5.74) is 0. The van der Waals surface area contributed by atoms with Gasteiger partial charge in [-0.3, -0.25) is 0 Å². The molecule has 0 N–H and O–H groups in total. The maximum Gasteiger partial charge on any atom is 1.00 e. The molecule has 0 amide bonds. The Morgan fingerprint density at radius 3 is 1.21 bits per heavy atom. The standard InChI is InChI=1S/3C4H9.Li.Sn.2H/c3*1-3-4-2;;;;/h3*1,3-4H2,2H3;;;;/q;;;+1;;;-1. The van der Waals surface area contributed by atoms with Crippen LogP contribution in [-0.2, 0) is 0 Å². The van der Waals surface area contributed by atoms with E-state index in [-0.39, 0.29) is 20.3 Å². The molecular weight excluding hydrogens is 270 g/mol. The Bertz CT molecular complexity index is 82.6. The molecule has 0 aliphatic rings. The van der Waals surface area contributed by atoms with Crippen LogP contribution in [0.5, 0.6) is 0 Å². The molecule has 0 aliphatic heterocycles. The zero-order valence-corrected chi connectivity index (χ0v) is 14.2. The minimum atomic E-state index is -0.967. The minimum Gasteiger partial charge on any atom is -1.00 e. The molecule has 0 spiro atoms. The normalized spacial score (nSPS) is 10.3. The molecular formula is C12H29LiSn. The molecule has 2 heteroatoms. The van der Waals surface area contributed by atoms with Crippen molar-refractivity contribution < 1.29 is 20.3 Å². The molecule has 0 aliphatic carbocycles. The van der Waals surface area contributed by atoms with E-state index in [1.165, 1.54) is 38.5 Å². The molecule has 0 aromatic rings. The van der Waals surface area contributed by atoms with Crippen molar-refractivity contribution in [1.29, 1.82) is 0 Å². The smallest absolute Gasteiger partial charge is 1.00 e. The molecule has 0 atom stereocenters. The van der Waals surface area contributed by atoms with Crippen LogP contribution in [0.1, 0.15) is 60.7 Å². The number of rotatable bonds is 9. The summed E-state index contributed by atoms with van der Waals surface area (Å²) < 4.78 is 5.08. The largest absolute Gasteiger partial charge is 1.00 e. The first-order valence-corrected chi connectivity index (χ1v) is 13.3. The molecule has 0 aromatic heterocycles. The maximum absolute atomic E-state index is 2.34. The molecule has 14 heavy (non-hydrogen) atoms. The molecule has 0 heterocycles. The van der Waals surface area contributed by atoms with E-state index in [9.17, 15) is 0 Å². The van der Waals surface area contributed by atoms with Crippen LogP contribution in [0, 0.1) is 0 Å². The molecule has 0 saturated carbocycles. The van der Waals surface area contributed by atoms with Crippen molar-refractivity contribution in [1.82, 2.24) is 0 Å². The zero-order chi connectivity index (χ0) is 9.94. The van der Waals surface area contributed by atoms with Gasteiger partial charge >= 0.3 is 111 Å². The summed E-state index contributed by atoms with van der Waals surface area (Å²) in [6.07, 6.45) is 8.87. The van der Waals surface area contributed by atoms with Crippen LogP contribution in [0.15, 0.2) is 0 Å². The van der Waals surface area contributed by atoms with Crippen LogP contribution in [0.3, 0.4) is 0 Å². The third kappa shape index (κ3) is 11.5. The van der Waals surface area contributed by atoms with Gasteiger partial charge in [-0.15, -0.1) is 0 Å². The van der Waals surface area contributed by atoms with Crippen molar-refractivity contribution in [3.63, 3.8) is 0 Å². The number of unbranched alkanes of at least 4 members (excludes halogenated alkanes) is 3. The first kappa shape index (κ1) is 17.8. The van der Waals surface area contributed by atoms with Crippen molar-refractivity contribution in [2.24, 2.45) is 0 Å². The summed E-state index contributed by atoms with van der Waals surface area (Å²) in [7, 11) is 0. The predicted octanol–water partition coefficient (Wildman–Crippen LogP) is 1.73. The van der Waals surface area contributed by atoms with E-state index in [2.05, 4.69) is 20.8 Å². The summed E-state index contributed by atoms with van der Waals surface area (Å²) in [6.45, 7) is 7.01. The molecule has 82 valence electrons. The van der Waals surface area contributed by atoms with Crippen molar-refractivity contribution in [2.75, 3.05) is 0 Å². The first-order chi connectivity index (χ1) is 6.35. The molecule has 0 aromatic carbocycles. The monoisotopic (exact) mass is 300 g/mol. The number of hydrogen-bond acceptors (Lipinski definition) is 0. The Morgan fingerprint density at radius 1 is 0.714 bits per heavy atom. The topological polar surface area (TPSA) is 0 Å². The quantitative estimate of drug-likeness (QED) is 0.569. The summed E-state index contributed by atoms with van der Waals surface area (Å²) in [5, 5.41) is 0. The van der Waals surface area contributed by atoms with Gasteiger partial charge in [0.25, 0.3) is 0 Å². The molecule has 0 saturated heterocycles. The second kappa shape index (κ2) is 14.4. The van der Waals surface area contributed by atoms with Gasteiger partial charge in [0.1, 0.15) is 0 Å². The third-order valence-corrected chi connectivity index (χ3v) is 13.4. The fraction of sp³-hybridized carbons (Fsp3) is 1.00. The van der Waals surface area contributed by atoms with E-state index in [0.29, 0.717) is 0 Å². The van der Waals surface area contributed by atoms with E-state index in [4.69, 9.17) is 0 Å². The minimum absolute atomic E-state index is 0. The Kier molecular flexibility index (Phi) is 18.3. The van der Waals surface area contributed by atoms with E-state index in [1.54, 1.807) is 13.3 Å². The van der Waals surface area contributed by atoms with Gasteiger partial charge < -0.3 is 1.43 Å². The molecule has 0 fully saturated rings. The molecule has 0 nitrogen and oxygen atoms in total. The second-order valence-electron chi connectivity index (χ2n) is 4.29. The van der Waals surface area contributed by atoms with E-state index in [0.717, 1.165) is 0 Å². The SMILES string of the molecule is CCC[CH2][SnH]([CH2]CCC)[CH2]CCC.[H-].[Li+]. The summed E-state index contributed by atoms with van der Waals surface area (Å²) >= 11 is -0.967. The predicted molar refractivity (Wildman–Crippen MR) is 67.4 cm³/mol. The fourth-order valence-corrected chi connectivity index (χ4v) is 12.8. The molecule has 0 unspecified atom stereocenters. The van der Waals surface area contributed by atoms with Crippen LogP contribution in [-0.4, -0.2) is 19.8 Å². The van der Waals surface area contributed by atoms with Crippen LogP contribution < -0.4 is 18.9 Å². The number of hydrogen-bond donors (Lipinski definition) is 0. The first-order valence-electron chi connectivity index (χ1n) is 6.35. The third-order valence-electron chi connectivity index (χ3n) is 2.90. The molecule has 0 radical (unpaired) electrons. The van der Waals surface area contributed by atoms with Crippen molar-refractivity contribution in [3.8, 4) is 0 Å². The van der Waals surface area contributed by atoms with Gasteiger partial charge in [0.05, 0.1) is 0 Å². The van der Waals surface area contributed by atoms with Crippen LogP contribution in [0.4, 0.5) is 0 Å². The summed E-state index contributed by atoms with van der Waals surface area (Å²) in [6, 6.07) is 0. The Hall–Kier alpha value is 1.40. The average molecular weight is 299 g/mol. The second-order valence-corrected chi connectivity index (χ2v) is 14.2. The van der Waals surface area contributed by atoms with Gasteiger partial charge in [-0.05, 0) is 0 Å². The van der Waals surface area contributed by atoms with E-state index >= 15 is 0 Å². The van der Waals surface area contributed by atoms with Crippen LogP contribution in [0.2, 0.25) is 13.3 Å². The zero-order valence-electron chi connectivity index (χ0n) is 11.9. The van der Waals surface area contributed by atoms with Gasteiger partial charge in [-0.25, -0.2) is 0 Å². The summed E-state index contributed by atoms with van der Waals surface area (Å²) in [4.78, 5) is 0. The van der Waals surface area contributed by atoms with E-state index < -0.39 is 19.8 Å². The van der Waals surface area contributed by atoms with E-state index in [1.807, 2.05) is 0 Å². The Morgan fingerprint density at radius 2 is 1.00 bits per heavy atom. The van der Waals surface area contributed by atoms with Gasteiger partial charge in [-0.1, -0.05) is 0 Å². The summed E-state index contributed by atoms with van der Waals surface area (Å²) in [5.74, 6) is 0. The average Bonchev–Trinajstić information content (AvgIpc) is 2.17. The molecule has 0 bridgehead atoms. The van der Waals surface area contributed by atoms with Gasteiger partial charge in [0.15, 0.2) is 0 Å². The Labute approximate surface area is 112 Å². The van der Waals surface area contributed by atoms with Crippen molar-refractivity contribution in [3.05, 3.63) is 0 Å². The van der Waals surface area contributed by atoms with Gasteiger partial charge in [0.2, 0.25) is 0 Å².